The lowest BCUT2D eigenvalue weighted by atomic mass is 10.1. The van der Waals surface area contributed by atoms with Crippen molar-refractivity contribution < 1.29 is 9.53 Å². The van der Waals surface area contributed by atoms with Gasteiger partial charge in [-0.2, -0.15) is 0 Å². The molecular formula is C12H12ClN3O2S. The molecule has 0 aliphatic rings. The van der Waals surface area contributed by atoms with Crippen molar-refractivity contribution in [1.29, 1.82) is 0 Å². The lowest BCUT2D eigenvalue weighted by molar-refractivity contribution is 0.0601. The topological polar surface area (TPSA) is 55.3 Å². The Morgan fingerprint density at radius 3 is 2.84 bits per heavy atom. The molecule has 7 heteroatoms. The van der Waals surface area contributed by atoms with E-state index in [1.54, 1.807) is 12.1 Å². The molecule has 1 aromatic carbocycles. The first-order valence-corrected chi connectivity index (χ1v) is 6.64. The second kappa shape index (κ2) is 5.99. The highest BCUT2D eigenvalue weighted by molar-refractivity contribution is 7.10. The van der Waals surface area contributed by atoms with Crippen molar-refractivity contribution in [1.82, 2.24) is 9.59 Å². The summed E-state index contributed by atoms with van der Waals surface area (Å²) < 4.78 is 9.11. The van der Waals surface area contributed by atoms with Crippen LogP contribution in [-0.2, 0) is 11.3 Å². The van der Waals surface area contributed by atoms with Gasteiger partial charge in [-0.05, 0) is 12.1 Å². The first-order valence-electron chi connectivity index (χ1n) is 5.48. The van der Waals surface area contributed by atoms with E-state index in [9.17, 15) is 4.79 Å². The van der Waals surface area contributed by atoms with Crippen LogP contribution in [0.1, 0.15) is 16.1 Å². The molecule has 0 unspecified atom stereocenters. The molecule has 5 nitrogen and oxygen atoms in total. The monoisotopic (exact) mass is 297 g/mol. The van der Waals surface area contributed by atoms with Crippen LogP contribution in [0.5, 0.6) is 0 Å². The van der Waals surface area contributed by atoms with Gasteiger partial charge in [0.15, 0.2) is 0 Å². The third-order valence-corrected chi connectivity index (χ3v) is 3.60. The Morgan fingerprint density at radius 1 is 1.47 bits per heavy atom. The number of nitrogens with zero attached hydrogens (tertiary/aromatic N) is 3. The van der Waals surface area contributed by atoms with Gasteiger partial charge in [0.1, 0.15) is 10.0 Å². The number of halogens is 1. The van der Waals surface area contributed by atoms with Crippen LogP contribution in [0.2, 0.25) is 4.34 Å². The Morgan fingerprint density at radius 2 is 2.21 bits per heavy atom. The summed E-state index contributed by atoms with van der Waals surface area (Å²) in [5.74, 6) is -0.370. The normalized spacial score (nSPS) is 10.3. The summed E-state index contributed by atoms with van der Waals surface area (Å²) in [5, 5.41) is 3.95. The maximum Gasteiger partial charge on any atom is 0.339 e. The molecule has 2 aromatic rings. The molecule has 0 fully saturated rings. The summed E-state index contributed by atoms with van der Waals surface area (Å²) in [4.78, 5) is 13.6. The number of carbonyl (C=O) groups is 1. The first-order chi connectivity index (χ1) is 9.13. The van der Waals surface area contributed by atoms with Gasteiger partial charge in [0.25, 0.3) is 0 Å². The standard InChI is InChI=1S/C12H12ClN3O2S/c1-16(7-9-11(13)19-15-14-9)10-6-4-3-5-8(10)12(17)18-2/h3-6H,7H2,1-2H3. The van der Waals surface area contributed by atoms with Crippen LogP contribution in [0.15, 0.2) is 24.3 Å². The fraction of sp³-hybridized carbons (Fsp3) is 0.250. The fourth-order valence-corrected chi connectivity index (χ4v) is 2.30. The van der Waals surface area contributed by atoms with Crippen LogP contribution in [0.3, 0.4) is 0 Å². The number of hydrogen-bond acceptors (Lipinski definition) is 6. The lowest BCUT2D eigenvalue weighted by Gasteiger charge is -2.20. The molecule has 0 aliphatic carbocycles. The van der Waals surface area contributed by atoms with Gasteiger partial charge < -0.3 is 9.64 Å². The molecule has 19 heavy (non-hydrogen) atoms. The van der Waals surface area contributed by atoms with E-state index in [1.165, 1.54) is 7.11 Å². The summed E-state index contributed by atoms with van der Waals surface area (Å²) in [5.41, 5.74) is 1.96. The molecule has 0 N–H and O–H groups in total. The molecule has 0 atom stereocenters. The number of anilines is 1. The molecule has 0 radical (unpaired) electrons. The summed E-state index contributed by atoms with van der Waals surface area (Å²) in [6, 6.07) is 7.22. The number of aromatic nitrogens is 2. The number of para-hydroxylation sites is 1. The second-order valence-corrected chi connectivity index (χ2v) is 5.21. The fourth-order valence-electron chi connectivity index (χ4n) is 1.69. The summed E-state index contributed by atoms with van der Waals surface area (Å²) >= 11 is 7.12. The van der Waals surface area contributed by atoms with E-state index in [4.69, 9.17) is 16.3 Å². The second-order valence-electron chi connectivity index (χ2n) is 3.86. The quantitative estimate of drug-likeness (QED) is 0.812. The molecule has 100 valence electrons. The predicted octanol–water partition coefficient (Wildman–Crippen LogP) is 2.61. The highest BCUT2D eigenvalue weighted by atomic mass is 35.5. The highest BCUT2D eigenvalue weighted by Gasteiger charge is 2.16. The van der Waals surface area contributed by atoms with E-state index in [1.807, 2.05) is 24.1 Å². The average Bonchev–Trinajstić information content (AvgIpc) is 2.83. The minimum atomic E-state index is -0.370. The molecule has 0 spiro atoms. The first kappa shape index (κ1) is 13.8. The minimum Gasteiger partial charge on any atom is -0.465 e. The Labute approximate surface area is 119 Å². The number of methoxy groups -OCH3 is 1. The van der Waals surface area contributed by atoms with Crippen LogP contribution in [0.25, 0.3) is 0 Å². The largest absolute Gasteiger partial charge is 0.465 e. The molecule has 0 aliphatic heterocycles. The van der Waals surface area contributed by atoms with Crippen molar-refractivity contribution in [3.05, 3.63) is 39.9 Å². The molecule has 1 aromatic heterocycles. The van der Waals surface area contributed by atoms with E-state index in [-0.39, 0.29) is 5.97 Å². The van der Waals surface area contributed by atoms with Gasteiger partial charge in [-0.1, -0.05) is 28.2 Å². The Bertz CT molecular complexity index is 588. The summed E-state index contributed by atoms with van der Waals surface area (Å²) in [6.45, 7) is 0.476. The van der Waals surface area contributed by atoms with Gasteiger partial charge in [-0.15, -0.1) is 5.10 Å². The van der Waals surface area contributed by atoms with Gasteiger partial charge in [0, 0.05) is 18.6 Å². The van der Waals surface area contributed by atoms with Crippen LogP contribution in [0.4, 0.5) is 5.69 Å². The van der Waals surface area contributed by atoms with Gasteiger partial charge in [-0.3, -0.25) is 0 Å². The van der Waals surface area contributed by atoms with Crippen molar-refractivity contribution in [3.8, 4) is 0 Å². The van der Waals surface area contributed by atoms with Crippen molar-refractivity contribution in [3.63, 3.8) is 0 Å². The third-order valence-electron chi connectivity index (χ3n) is 2.62. The van der Waals surface area contributed by atoms with Crippen molar-refractivity contribution in [2.24, 2.45) is 0 Å². The van der Waals surface area contributed by atoms with E-state index in [2.05, 4.69) is 9.59 Å². The van der Waals surface area contributed by atoms with Crippen LogP contribution < -0.4 is 4.90 Å². The maximum atomic E-state index is 11.7. The summed E-state index contributed by atoms with van der Waals surface area (Å²) in [6.07, 6.45) is 0. The van der Waals surface area contributed by atoms with Crippen LogP contribution in [-0.4, -0.2) is 29.7 Å². The molecule has 0 saturated carbocycles. The number of esters is 1. The number of rotatable bonds is 4. The van der Waals surface area contributed by atoms with Gasteiger partial charge in [0.2, 0.25) is 0 Å². The molecule has 0 saturated heterocycles. The molecule has 0 amide bonds. The van der Waals surface area contributed by atoms with Gasteiger partial charge >= 0.3 is 5.97 Å². The van der Waals surface area contributed by atoms with E-state index in [0.29, 0.717) is 22.1 Å². The SMILES string of the molecule is COC(=O)c1ccccc1N(C)Cc1nnsc1Cl. The third kappa shape index (κ3) is 3.02. The Balaban J connectivity index is 2.26. The zero-order valence-electron chi connectivity index (χ0n) is 10.5. The highest BCUT2D eigenvalue weighted by Crippen LogP contribution is 2.24. The zero-order chi connectivity index (χ0) is 13.8. The van der Waals surface area contributed by atoms with E-state index >= 15 is 0 Å². The number of ether oxygens (including phenoxy) is 1. The maximum absolute atomic E-state index is 11.7. The van der Waals surface area contributed by atoms with Crippen molar-refractivity contribution >= 4 is 34.8 Å². The van der Waals surface area contributed by atoms with Gasteiger partial charge in [0.05, 0.1) is 24.9 Å². The van der Waals surface area contributed by atoms with Gasteiger partial charge in [-0.25, -0.2) is 4.79 Å². The average molecular weight is 298 g/mol. The Hall–Kier alpha value is -1.66. The van der Waals surface area contributed by atoms with Crippen LogP contribution >= 0.6 is 23.1 Å². The molecule has 2 rings (SSSR count). The number of carbonyl (C=O) groups excluding carboxylic acids is 1. The zero-order valence-corrected chi connectivity index (χ0v) is 12.0. The van der Waals surface area contributed by atoms with Crippen molar-refractivity contribution in [2.45, 2.75) is 6.54 Å². The number of benzene rings is 1. The molecule has 0 bridgehead atoms. The lowest BCUT2D eigenvalue weighted by Crippen LogP contribution is -2.20. The minimum absolute atomic E-state index is 0.370. The Kier molecular flexibility index (Phi) is 4.34. The van der Waals surface area contributed by atoms with E-state index in [0.717, 1.165) is 17.2 Å². The van der Waals surface area contributed by atoms with Crippen LogP contribution in [0, 0.1) is 0 Å². The molecular weight excluding hydrogens is 286 g/mol. The summed E-state index contributed by atoms with van der Waals surface area (Å²) in [7, 11) is 3.22. The molecule has 1 heterocycles. The number of hydrogen-bond donors (Lipinski definition) is 0. The predicted molar refractivity (Wildman–Crippen MR) is 74.8 cm³/mol. The van der Waals surface area contributed by atoms with Crippen molar-refractivity contribution in [2.75, 3.05) is 19.1 Å². The van der Waals surface area contributed by atoms with E-state index < -0.39 is 0 Å². The smallest absolute Gasteiger partial charge is 0.339 e.